The molecule has 0 saturated heterocycles. The van der Waals surface area contributed by atoms with Crippen LogP contribution in [0.3, 0.4) is 0 Å². The monoisotopic (exact) mass is 236 g/mol. The molecule has 0 aliphatic rings. The zero-order chi connectivity index (χ0) is 11.5. The van der Waals surface area contributed by atoms with Gasteiger partial charge in [-0.2, -0.15) is 0 Å². The van der Waals surface area contributed by atoms with Crippen molar-refractivity contribution in [3.63, 3.8) is 0 Å². The van der Waals surface area contributed by atoms with E-state index < -0.39 is 11.9 Å². The van der Waals surface area contributed by atoms with Gasteiger partial charge in [-0.3, -0.25) is 4.98 Å². The number of halogens is 2. The predicted octanol–water partition coefficient (Wildman–Crippen LogP) is 2.92. The zero-order valence-electron chi connectivity index (χ0n) is 8.40. The van der Waals surface area contributed by atoms with Crippen LogP contribution in [-0.4, -0.2) is 4.98 Å². The summed E-state index contributed by atoms with van der Waals surface area (Å²) in [6.07, 6.45) is 2.70. The maximum Gasteiger partial charge on any atom is 0.141 e. The lowest BCUT2D eigenvalue weighted by molar-refractivity contribution is 0.616. The SMILES string of the molecule is NC(c1cncc(F)c1)c1cccc(Cl)c1. The molecule has 0 bridgehead atoms. The number of nitrogens with two attached hydrogens (primary N) is 1. The second-order valence-corrected chi connectivity index (χ2v) is 3.91. The fourth-order valence-electron chi connectivity index (χ4n) is 1.49. The average Bonchev–Trinajstić information content (AvgIpc) is 2.28. The second kappa shape index (κ2) is 4.60. The van der Waals surface area contributed by atoms with Gasteiger partial charge in [-0.25, -0.2) is 4.39 Å². The minimum atomic E-state index is -0.415. The van der Waals surface area contributed by atoms with E-state index in [1.807, 2.05) is 12.1 Å². The summed E-state index contributed by atoms with van der Waals surface area (Å²) in [5.74, 6) is -0.394. The molecule has 16 heavy (non-hydrogen) atoms. The molecule has 82 valence electrons. The van der Waals surface area contributed by atoms with Crippen LogP contribution in [0.15, 0.2) is 42.7 Å². The topological polar surface area (TPSA) is 38.9 Å². The number of benzene rings is 1. The minimum absolute atomic E-state index is 0.394. The highest BCUT2D eigenvalue weighted by atomic mass is 35.5. The molecule has 2 N–H and O–H groups in total. The number of hydrogen-bond donors (Lipinski definition) is 1. The van der Waals surface area contributed by atoms with Crippen LogP contribution >= 0.6 is 11.6 Å². The largest absolute Gasteiger partial charge is 0.320 e. The first-order chi connectivity index (χ1) is 7.66. The highest BCUT2D eigenvalue weighted by molar-refractivity contribution is 6.30. The van der Waals surface area contributed by atoms with Gasteiger partial charge < -0.3 is 5.73 Å². The molecule has 1 aromatic heterocycles. The van der Waals surface area contributed by atoms with Gasteiger partial charge in [-0.15, -0.1) is 0 Å². The molecular formula is C12H10ClFN2. The molecule has 4 heteroatoms. The summed E-state index contributed by atoms with van der Waals surface area (Å²) in [7, 11) is 0. The van der Waals surface area contributed by atoms with Crippen LogP contribution in [0.25, 0.3) is 0 Å². The lowest BCUT2D eigenvalue weighted by Crippen LogP contribution is -2.12. The van der Waals surface area contributed by atoms with Gasteiger partial charge in [0, 0.05) is 11.2 Å². The molecular weight excluding hydrogens is 227 g/mol. The van der Waals surface area contributed by atoms with Gasteiger partial charge in [-0.1, -0.05) is 23.7 Å². The minimum Gasteiger partial charge on any atom is -0.320 e. The molecule has 0 radical (unpaired) electrons. The van der Waals surface area contributed by atoms with Gasteiger partial charge in [-0.05, 0) is 29.3 Å². The van der Waals surface area contributed by atoms with Gasteiger partial charge in [0.1, 0.15) is 5.82 Å². The van der Waals surface area contributed by atoms with Crippen molar-refractivity contribution >= 4 is 11.6 Å². The van der Waals surface area contributed by atoms with E-state index in [0.717, 1.165) is 11.8 Å². The fraction of sp³-hybridized carbons (Fsp3) is 0.0833. The van der Waals surface area contributed by atoms with E-state index in [1.165, 1.54) is 6.07 Å². The third kappa shape index (κ3) is 2.38. The van der Waals surface area contributed by atoms with E-state index in [-0.39, 0.29) is 0 Å². The molecule has 2 rings (SSSR count). The summed E-state index contributed by atoms with van der Waals surface area (Å²) in [6, 6.07) is 8.14. The predicted molar refractivity (Wildman–Crippen MR) is 61.7 cm³/mol. The Morgan fingerprint density at radius 1 is 1.19 bits per heavy atom. The standard InChI is InChI=1S/C12H10ClFN2/c13-10-3-1-2-8(4-10)12(15)9-5-11(14)7-16-6-9/h1-7,12H,15H2. The Kier molecular flexibility index (Phi) is 3.17. The quantitative estimate of drug-likeness (QED) is 0.871. The summed E-state index contributed by atoms with van der Waals surface area (Å²) in [4.78, 5) is 3.77. The van der Waals surface area contributed by atoms with E-state index in [0.29, 0.717) is 10.6 Å². The van der Waals surface area contributed by atoms with E-state index in [2.05, 4.69) is 4.98 Å². The molecule has 0 saturated carbocycles. The smallest absolute Gasteiger partial charge is 0.141 e. The third-order valence-electron chi connectivity index (χ3n) is 2.29. The number of nitrogens with zero attached hydrogens (tertiary/aromatic N) is 1. The average molecular weight is 237 g/mol. The van der Waals surface area contributed by atoms with Crippen LogP contribution in [0.4, 0.5) is 4.39 Å². The number of rotatable bonds is 2. The number of hydrogen-bond acceptors (Lipinski definition) is 2. The van der Waals surface area contributed by atoms with Crippen LogP contribution in [0.2, 0.25) is 5.02 Å². The summed E-state index contributed by atoms with van der Waals surface area (Å²) in [6.45, 7) is 0. The van der Waals surface area contributed by atoms with Crippen molar-refractivity contribution in [2.24, 2.45) is 5.73 Å². The van der Waals surface area contributed by atoms with Gasteiger partial charge in [0.2, 0.25) is 0 Å². The molecule has 1 aromatic carbocycles. The molecule has 0 aliphatic heterocycles. The summed E-state index contributed by atoms with van der Waals surface area (Å²) in [5.41, 5.74) is 7.45. The summed E-state index contributed by atoms with van der Waals surface area (Å²) < 4.78 is 13.0. The van der Waals surface area contributed by atoms with E-state index in [1.54, 1.807) is 18.3 Å². The lowest BCUT2D eigenvalue weighted by Gasteiger charge is -2.12. The van der Waals surface area contributed by atoms with E-state index >= 15 is 0 Å². The second-order valence-electron chi connectivity index (χ2n) is 3.47. The molecule has 0 fully saturated rings. The first-order valence-corrected chi connectivity index (χ1v) is 5.16. The molecule has 2 nitrogen and oxygen atoms in total. The number of pyridine rings is 1. The Bertz CT molecular complexity index is 456. The van der Waals surface area contributed by atoms with Crippen molar-refractivity contribution in [3.8, 4) is 0 Å². The van der Waals surface area contributed by atoms with E-state index in [4.69, 9.17) is 17.3 Å². The van der Waals surface area contributed by atoms with Crippen molar-refractivity contribution < 1.29 is 4.39 Å². The van der Waals surface area contributed by atoms with Crippen molar-refractivity contribution in [2.45, 2.75) is 6.04 Å². The van der Waals surface area contributed by atoms with Crippen molar-refractivity contribution in [1.82, 2.24) is 4.98 Å². The first kappa shape index (κ1) is 11.0. The van der Waals surface area contributed by atoms with Gasteiger partial charge >= 0.3 is 0 Å². The Morgan fingerprint density at radius 2 is 2.00 bits per heavy atom. The van der Waals surface area contributed by atoms with Crippen LogP contribution in [0.5, 0.6) is 0 Å². The third-order valence-corrected chi connectivity index (χ3v) is 2.53. The maximum absolute atomic E-state index is 13.0. The summed E-state index contributed by atoms with van der Waals surface area (Å²) >= 11 is 5.86. The van der Waals surface area contributed by atoms with Crippen LogP contribution in [0.1, 0.15) is 17.2 Å². The Morgan fingerprint density at radius 3 is 2.69 bits per heavy atom. The van der Waals surface area contributed by atoms with Crippen molar-refractivity contribution in [2.75, 3.05) is 0 Å². The highest BCUT2D eigenvalue weighted by Crippen LogP contribution is 2.21. The van der Waals surface area contributed by atoms with Crippen LogP contribution < -0.4 is 5.73 Å². The Balaban J connectivity index is 2.35. The molecule has 0 aliphatic carbocycles. The maximum atomic E-state index is 13.0. The van der Waals surface area contributed by atoms with E-state index in [9.17, 15) is 4.39 Å². The van der Waals surface area contributed by atoms with Gasteiger partial charge in [0.25, 0.3) is 0 Å². The Labute approximate surface area is 97.9 Å². The Hall–Kier alpha value is -1.45. The molecule has 1 heterocycles. The van der Waals surface area contributed by atoms with Crippen LogP contribution in [0, 0.1) is 5.82 Å². The highest BCUT2D eigenvalue weighted by Gasteiger charge is 2.10. The normalized spacial score (nSPS) is 12.4. The lowest BCUT2D eigenvalue weighted by atomic mass is 10.0. The molecule has 2 aromatic rings. The van der Waals surface area contributed by atoms with Gasteiger partial charge in [0.05, 0.1) is 12.2 Å². The van der Waals surface area contributed by atoms with Gasteiger partial charge in [0.15, 0.2) is 0 Å². The summed E-state index contributed by atoms with van der Waals surface area (Å²) in [5, 5.41) is 0.609. The number of aromatic nitrogens is 1. The zero-order valence-corrected chi connectivity index (χ0v) is 9.16. The van der Waals surface area contributed by atoms with Crippen molar-refractivity contribution in [3.05, 3.63) is 64.7 Å². The molecule has 0 spiro atoms. The molecule has 1 atom stereocenters. The first-order valence-electron chi connectivity index (χ1n) is 4.78. The van der Waals surface area contributed by atoms with Crippen molar-refractivity contribution in [1.29, 1.82) is 0 Å². The molecule has 0 amide bonds. The molecule has 1 unspecified atom stereocenters. The fourth-order valence-corrected chi connectivity index (χ4v) is 1.69. The van der Waals surface area contributed by atoms with Crippen LogP contribution in [-0.2, 0) is 0 Å².